The minimum absolute atomic E-state index is 0.0734. The van der Waals surface area contributed by atoms with Crippen LogP contribution in [-0.4, -0.2) is 18.4 Å². The highest BCUT2D eigenvalue weighted by molar-refractivity contribution is 7.94. The highest BCUT2D eigenvalue weighted by atomic mass is 35.5. The Kier molecular flexibility index (Phi) is 3.76. The molecule has 0 bridgehead atoms. The van der Waals surface area contributed by atoms with Crippen molar-refractivity contribution < 1.29 is 8.42 Å². The maximum atomic E-state index is 12.0. The minimum Gasteiger partial charge on any atom is -0.263 e. The van der Waals surface area contributed by atoms with Gasteiger partial charge in [0.15, 0.2) is 8.68 Å². The standard InChI is InChI=1S/C9H7Cl2N3O2S2/c1-5-8(17-9(11)13-5)18(15,16)14-7-3-2-6(10)4-12-7/h2-4H,1H3,(H,12,14). The van der Waals surface area contributed by atoms with Crippen LogP contribution in [0.25, 0.3) is 0 Å². The predicted octanol–water partition coefficient (Wildman–Crippen LogP) is 2.95. The Bertz CT molecular complexity index is 668. The van der Waals surface area contributed by atoms with E-state index in [9.17, 15) is 8.42 Å². The quantitative estimate of drug-likeness (QED) is 0.942. The lowest BCUT2D eigenvalue weighted by molar-refractivity contribution is 0.602. The van der Waals surface area contributed by atoms with Gasteiger partial charge in [0, 0.05) is 6.20 Å². The molecular weight excluding hydrogens is 317 g/mol. The van der Waals surface area contributed by atoms with E-state index in [1.54, 1.807) is 13.0 Å². The van der Waals surface area contributed by atoms with Gasteiger partial charge < -0.3 is 0 Å². The van der Waals surface area contributed by atoms with Crippen LogP contribution in [0.4, 0.5) is 5.82 Å². The largest absolute Gasteiger partial charge is 0.274 e. The number of halogens is 2. The van der Waals surface area contributed by atoms with E-state index in [2.05, 4.69) is 14.7 Å². The molecule has 1 N–H and O–H groups in total. The summed E-state index contributed by atoms with van der Waals surface area (Å²) in [5.41, 5.74) is 0.353. The number of rotatable bonds is 3. The number of thiazole rings is 1. The summed E-state index contributed by atoms with van der Waals surface area (Å²) in [6.07, 6.45) is 1.35. The third kappa shape index (κ3) is 2.92. The molecule has 0 aromatic carbocycles. The van der Waals surface area contributed by atoms with Crippen molar-refractivity contribution in [1.82, 2.24) is 9.97 Å². The first-order valence-electron chi connectivity index (χ1n) is 4.66. The number of nitrogens with zero attached hydrogens (tertiary/aromatic N) is 2. The van der Waals surface area contributed by atoms with Crippen LogP contribution in [0.3, 0.4) is 0 Å². The number of hydrogen-bond acceptors (Lipinski definition) is 5. The molecule has 2 aromatic heterocycles. The number of sulfonamides is 1. The Morgan fingerprint density at radius 2 is 2.06 bits per heavy atom. The van der Waals surface area contributed by atoms with Gasteiger partial charge in [0.25, 0.3) is 10.0 Å². The average Bonchev–Trinajstić information content (AvgIpc) is 2.62. The molecule has 0 atom stereocenters. The number of aryl methyl sites for hydroxylation is 1. The van der Waals surface area contributed by atoms with E-state index in [-0.39, 0.29) is 14.5 Å². The number of aromatic nitrogens is 2. The molecule has 0 aliphatic heterocycles. The number of anilines is 1. The maximum absolute atomic E-state index is 12.0. The molecule has 0 spiro atoms. The van der Waals surface area contributed by atoms with Crippen LogP contribution in [0, 0.1) is 6.92 Å². The van der Waals surface area contributed by atoms with Crippen LogP contribution >= 0.6 is 34.5 Å². The lowest BCUT2D eigenvalue weighted by Crippen LogP contribution is -2.13. The number of nitrogens with one attached hydrogen (secondary N) is 1. The summed E-state index contributed by atoms with van der Waals surface area (Å²) in [5, 5.41) is 0.426. The van der Waals surface area contributed by atoms with Gasteiger partial charge in [0.2, 0.25) is 0 Å². The molecule has 9 heteroatoms. The van der Waals surface area contributed by atoms with Crippen molar-refractivity contribution in [1.29, 1.82) is 0 Å². The summed E-state index contributed by atoms with van der Waals surface area (Å²) in [7, 11) is -3.72. The van der Waals surface area contributed by atoms with Crippen molar-refractivity contribution in [2.45, 2.75) is 11.1 Å². The summed E-state index contributed by atoms with van der Waals surface area (Å²) in [6.45, 7) is 1.58. The molecule has 0 fully saturated rings. The average molecular weight is 324 g/mol. The van der Waals surface area contributed by atoms with Gasteiger partial charge >= 0.3 is 0 Å². The first kappa shape index (κ1) is 13.5. The number of pyridine rings is 1. The van der Waals surface area contributed by atoms with Crippen LogP contribution < -0.4 is 4.72 Å². The molecule has 2 rings (SSSR count). The van der Waals surface area contributed by atoms with Gasteiger partial charge in [0.05, 0.1) is 10.7 Å². The molecule has 0 aliphatic carbocycles. The molecular formula is C9H7Cl2N3O2S2. The van der Waals surface area contributed by atoms with Crippen molar-refractivity contribution in [3.63, 3.8) is 0 Å². The second-order valence-electron chi connectivity index (χ2n) is 3.31. The molecule has 0 unspecified atom stereocenters. The van der Waals surface area contributed by atoms with Gasteiger partial charge in [-0.15, -0.1) is 0 Å². The Morgan fingerprint density at radius 1 is 1.33 bits per heavy atom. The smallest absolute Gasteiger partial charge is 0.263 e. The van der Waals surface area contributed by atoms with E-state index in [4.69, 9.17) is 23.2 Å². The molecule has 0 amide bonds. The summed E-state index contributed by atoms with van der Waals surface area (Å²) in [4.78, 5) is 7.71. The van der Waals surface area contributed by atoms with Gasteiger partial charge in [-0.2, -0.15) is 0 Å². The fraction of sp³-hybridized carbons (Fsp3) is 0.111. The molecule has 2 aromatic rings. The lowest BCUT2D eigenvalue weighted by Gasteiger charge is -2.05. The number of hydrogen-bond donors (Lipinski definition) is 1. The highest BCUT2D eigenvalue weighted by Crippen LogP contribution is 2.28. The van der Waals surface area contributed by atoms with E-state index in [1.165, 1.54) is 12.3 Å². The van der Waals surface area contributed by atoms with Crippen LogP contribution in [0.2, 0.25) is 9.49 Å². The Hall–Kier alpha value is -0.890. The molecule has 0 saturated heterocycles. The molecule has 0 saturated carbocycles. The predicted molar refractivity (Wildman–Crippen MR) is 71.9 cm³/mol. The van der Waals surface area contributed by atoms with Gasteiger partial charge in [-0.3, -0.25) is 4.72 Å². The lowest BCUT2D eigenvalue weighted by atomic mass is 10.5. The normalized spacial score (nSPS) is 11.5. The van der Waals surface area contributed by atoms with Crippen LogP contribution in [0.15, 0.2) is 22.5 Å². The maximum Gasteiger partial charge on any atom is 0.274 e. The van der Waals surface area contributed by atoms with E-state index >= 15 is 0 Å². The molecule has 5 nitrogen and oxygen atoms in total. The van der Waals surface area contributed by atoms with Crippen molar-refractivity contribution in [2.24, 2.45) is 0 Å². The van der Waals surface area contributed by atoms with Gasteiger partial charge in [-0.1, -0.05) is 34.5 Å². The molecule has 18 heavy (non-hydrogen) atoms. The van der Waals surface area contributed by atoms with Gasteiger partial charge in [0.1, 0.15) is 5.82 Å². The van der Waals surface area contributed by atoms with E-state index in [1.807, 2.05) is 0 Å². The van der Waals surface area contributed by atoms with Crippen molar-refractivity contribution in [3.05, 3.63) is 33.5 Å². The Balaban J connectivity index is 2.33. The van der Waals surface area contributed by atoms with Crippen LogP contribution in [-0.2, 0) is 10.0 Å². The zero-order chi connectivity index (χ0) is 13.3. The minimum atomic E-state index is -3.72. The monoisotopic (exact) mass is 323 g/mol. The molecule has 0 radical (unpaired) electrons. The van der Waals surface area contributed by atoms with E-state index in [0.29, 0.717) is 10.7 Å². The SMILES string of the molecule is Cc1nc(Cl)sc1S(=O)(=O)Nc1ccc(Cl)cn1. The topological polar surface area (TPSA) is 72.0 Å². The van der Waals surface area contributed by atoms with Gasteiger partial charge in [-0.05, 0) is 19.1 Å². The van der Waals surface area contributed by atoms with E-state index in [0.717, 1.165) is 11.3 Å². The second kappa shape index (κ2) is 5.00. The fourth-order valence-corrected chi connectivity index (χ4v) is 4.08. The summed E-state index contributed by atoms with van der Waals surface area (Å²) in [6, 6.07) is 3.01. The second-order valence-corrected chi connectivity index (χ2v) is 7.20. The zero-order valence-electron chi connectivity index (χ0n) is 9.02. The van der Waals surface area contributed by atoms with Crippen molar-refractivity contribution in [3.8, 4) is 0 Å². The Labute approximate surface area is 118 Å². The third-order valence-corrected chi connectivity index (χ3v) is 5.39. The molecule has 0 aliphatic rings. The summed E-state index contributed by atoms with van der Waals surface area (Å²) >= 11 is 12.2. The van der Waals surface area contributed by atoms with Crippen LogP contribution in [0.1, 0.15) is 5.69 Å². The van der Waals surface area contributed by atoms with Crippen molar-refractivity contribution >= 4 is 50.4 Å². The fourth-order valence-electron chi connectivity index (χ4n) is 1.22. The summed E-state index contributed by atoms with van der Waals surface area (Å²) in [5.74, 6) is 0.184. The highest BCUT2D eigenvalue weighted by Gasteiger charge is 2.21. The zero-order valence-corrected chi connectivity index (χ0v) is 12.2. The van der Waals surface area contributed by atoms with Crippen LogP contribution in [0.5, 0.6) is 0 Å². The first-order chi connectivity index (χ1) is 8.38. The summed E-state index contributed by atoms with van der Waals surface area (Å²) < 4.78 is 26.7. The molecule has 96 valence electrons. The van der Waals surface area contributed by atoms with Crippen molar-refractivity contribution in [2.75, 3.05) is 4.72 Å². The van der Waals surface area contributed by atoms with E-state index < -0.39 is 10.0 Å². The van der Waals surface area contributed by atoms with Gasteiger partial charge in [-0.25, -0.2) is 18.4 Å². The molecule has 2 heterocycles. The Morgan fingerprint density at radius 3 is 2.56 bits per heavy atom. The third-order valence-electron chi connectivity index (χ3n) is 1.94. The first-order valence-corrected chi connectivity index (χ1v) is 7.71.